The Kier molecular flexibility index (Phi) is 5.64. The van der Waals surface area contributed by atoms with Crippen molar-refractivity contribution in [3.8, 4) is 5.75 Å². The summed E-state index contributed by atoms with van der Waals surface area (Å²) in [4.78, 5) is 14.2. The van der Waals surface area contributed by atoms with Crippen LogP contribution in [0.15, 0.2) is 46.9 Å². The van der Waals surface area contributed by atoms with Gasteiger partial charge >= 0.3 is 0 Å². The first-order chi connectivity index (χ1) is 10.0. The molecule has 0 N–H and O–H groups in total. The summed E-state index contributed by atoms with van der Waals surface area (Å²) >= 11 is 5.64. The van der Waals surface area contributed by atoms with Crippen molar-refractivity contribution < 1.29 is 9.53 Å². The number of nitrogens with zero attached hydrogens (tertiary/aromatic N) is 1. The first-order valence-corrected chi connectivity index (χ1v) is 8.22. The summed E-state index contributed by atoms with van der Waals surface area (Å²) in [6.45, 7) is 0.536. The summed E-state index contributed by atoms with van der Waals surface area (Å²) < 4.78 is 7.05. The van der Waals surface area contributed by atoms with E-state index in [1.54, 1.807) is 19.1 Å². The van der Waals surface area contributed by atoms with Gasteiger partial charge in [-0.05, 0) is 74.4 Å². The average Bonchev–Trinajstić information content (AvgIpc) is 2.49. The molecule has 0 fully saturated rings. The van der Waals surface area contributed by atoms with E-state index in [1.807, 2.05) is 42.5 Å². The van der Waals surface area contributed by atoms with Gasteiger partial charge in [-0.3, -0.25) is 4.79 Å². The van der Waals surface area contributed by atoms with Gasteiger partial charge in [0.1, 0.15) is 5.75 Å². The number of carbonyl (C=O) groups excluding carboxylic acids is 1. The fraction of sp³-hybridized carbons (Fsp3) is 0.188. The van der Waals surface area contributed by atoms with Crippen LogP contribution in [0.25, 0.3) is 0 Å². The Morgan fingerprint density at radius 1 is 1.29 bits per heavy atom. The molecule has 110 valence electrons. The van der Waals surface area contributed by atoms with Gasteiger partial charge in [0.15, 0.2) is 0 Å². The van der Waals surface area contributed by atoms with Crippen LogP contribution in [0.5, 0.6) is 5.75 Å². The predicted octanol–water partition coefficient (Wildman–Crippen LogP) is 4.33. The molecular formula is C16H15BrINO2. The zero-order chi connectivity index (χ0) is 15.4. The second kappa shape index (κ2) is 7.26. The van der Waals surface area contributed by atoms with E-state index in [4.69, 9.17) is 4.74 Å². The van der Waals surface area contributed by atoms with Crippen molar-refractivity contribution in [2.45, 2.75) is 6.54 Å². The molecule has 1 amide bonds. The summed E-state index contributed by atoms with van der Waals surface area (Å²) in [7, 11) is 3.44. The minimum Gasteiger partial charge on any atom is -0.497 e. The van der Waals surface area contributed by atoms with Crippen LogP contribution in [0.1, 0.15) is 15.9 Å². The van der Waals surface area contributed by atoms with Crippen LogP contribution in [0.3, 0.4) is 0 Å². The highest BCUT2D eigenvalue weighted by molar-refractivity contribution is 14.1. The number of amides is 1. The summed E-state index contributed by atoms with van der Waals surface area (Å²) in [6, 6.07) is 13.5. The van der Waals surface area contributed by atoms with E-state index in [0.29, 0.717) is 12.1 Å². The van der Waals surface area contributed by atoms with Crippen LogP contribution in [0, 0.1) is 3.57 Å². The van der Waals surface area contributed by atoms with Crippen molar-refractivity contribution in [3.05, 3.63) is 61.6 Å². The van der Waals surface area contributed by atoms with Crippen molar-refractivity contribution in [3.63, 3.8) is 0 Å². The number of hydrogen-bond acceptors (Lipinski definition) is 2. The SMILES string of the molecule is COc1cccc(CN(C)C(=O)c2cc(I)ccc2Br)c1. The molecule has 0 saturated heterocycles. The smallest absolute Gasteiger partial charge is 0.255 e. The summed E-state index contributed by atoms with van der Waals surface area (Å²) in [5.41, 5.74) is 1.71. The van der Waals surface area contributed by atoms with Crippen LogP contribution in [-0.2, 0) is 6.54 Å². The second-order valence-corrected chi connectivity index (χ2v) is 6.74. The normalized spacial score (nSPS) is 10.3. The highest BCUT2D eigenvalue weighted by atomic mass is 127. The lowest BCUT2D eigenvalue weighted by Gasteiger charge is -2.18. The summed E-state index contributed by atoms with van der Waals surface area (Å²) in [5, 5.41) is 0. The quantitative estimate of drug-likeness (QED) is 0.636. The van der Waals surface area contributed by atoms with Crippen LogP contribution in [0.2, 0.25) is 0 Å². The van der Waals surface area contributed by atoms with Crippen LogP contribution >= 0.6 is 38.5 Å². The minimum atomic E-state index is -0.0109. The van der Waals surface area contributed by atoms with Crippen molar-refractivity contribution in [1.82, 2.24) is 4.90 Å². The highest BCUT2D eigenvalue weighted by Crippen LogP contribution is 2.22. The van der Waals surface area contributed by atoms with Gasteiger partial charge in [-0.15, -0.1) is 0 Å². The number of rotatable bonds is 4. The van der Waals surface area contributed by atoms with Gasteiger partial charge in [-0.1, -0.05) is 12.1 Å². The first-order valence-electron chi connectivity index (χ1n) is 6.34. The lowest BCUT2D eigenvalue weighted by Crippen LogP contribution is -2.26. The summed E-state index contributed by atoms with van der Waals surface area (Å²) in [6.07, 6.45) is 0. The van der Waals surface area contributed by atoms with Gasteiger partial charge in [0, 0.05) is 21.6 Å². The van der Waals surface area contributed by atoms with E-state index < -0.39 is 0 Å². The Labute approximate surface area is 146 Å². The molecule has 0 bridgehead atoms. The third-order valence-electron chi connectivity index (χ3n) is 3.06. The molecule has 3 nitrogen and oxygen atoms in total. The lowest BCUT2D eigenvalue weighted by molar-refractivity contribution is 0.0784. The number of hydrogen-bond donors (Lipinski definition) is 0. The van der Waals surface area contributed by atoms with Gasteiger partial charge in [0.05, 0.1) is 12.7 Å². The molecule has 2 aromatic carbocycles. The Morgan fingerprint density at radius 2 is 2.05 bits per heavy atom. The number of halogens is 2. The van der Waals surface area contributed by atoms with Gasteiger partial charge in [-0.25, -0.2) is 0 Å². The molecule has 0 aliphatic rings. The molecule has 0 aromatic heterocycles. The van der Waals surface area contributed by atoms with Gasteiger partial charge in [-0.2, -0.15) is 0 Å². The molecule has 0 aliphatic heterocycles. The molecule has 5 heteroatoms. The van der Waals surface area contributed by atoms with E-state index >= 15 is 0 Å². The average molecular weight is 460 g/mol. The van der Waals surface area contributed by atoms with Crippen molar-refractivity contribution >= 4 is 44.4 Å². The third kappa shape index (κ3) is 4.20. The maximum atomic E-state index is 12.5. The van der Waals surface area contributed by atoms with Crippen molar-refractivity contribution in [1.29, 1.82) is 0 Å². The van der Waals surface area contributed by atoms with E-state index in [1.165, 1.54) is 0 Å². The Balaban J connectivity index is 2.17. The van der Waals surface area contributed by atoms with Crippen LogP contribution in [-0.4, -0.2) is 25.0 Å². The van der Waals surface area contributed by atoms with E-state index in [9.17, 15) is 4.79 Å². The molecule has 0 atom stereocenters. The zero-order valence-corrected chi connectivity index (χ0v) is 15.5. The molecule has 0 unspecified atom stereocenters. The maximum Gasteiger partial charge on any atom is 0.255 e. The molecule has 0 aliphatic carbocycles. The van der Waals surface area contributed by atoms with E-state index in [0.717, 1.165) is 19.4 Å². The molecular weight excluding hydrogens is 445 g/mol. The first kappa shape index (κ1) is 16.3. The van der Waals surface area contributed by atoms with Gasteiger partial charge < -0.3 is 9.64 Å². The molecule has 0 saturated carbocycles. The van der Waals surface area contributed by atoms with Crippen LogP contribution in [0.4, 0.5) is 0 Å². The Hall–Kier alpha value is -1.08. The van der Waals surface area contributed by atoms with Crippen molar-refractivity contribution in [2.24, 2.45) is 0 Å². The molecule has 0 radical (unpaired) electrons. The Bertz CT molecular complexity index is 660. The lowest BCUT2D eigenvalue weighted by atomic mass is 10.1. The molecule has 0 spiro atoms. The Morgan fingerprint density at radius 3 is 2.76 bits per heavy atom. The number of benzene rings is 2. The standard InChI is InChI=1S/C16H15BrINO2/c1-19(10-11-4-3-5-13(8-11)21-2)16(20)14-9-12(18)6-7-15(14)17/h3-9H,10H2,1-2H3. The van der Waals surface area contributed by atoms with Gasteiger partial charge in [0.2, 0.25) is 0 Å². The van der Waals surface area contributed by atoms with E-state index in [2.05, 4.69) is 38.5 Å². The topological polar surface area (TPSA) is 29.5 Å². The molecule has 2 aromatic rings. The molecule has 21 heavy (non-hydrogen) atoms. The second-order valence-electron chi connectivity index (χ2n) is 4.64. The van der Waals surface area contributed by atoms with Gasteiger partial charge in [0.25, 0.3) is 5.91 Å². The molecule has 2 rings (SSSR count). The highest BCUT2D eigenvalue weighted by Gasteiger charge is 2.15. The number of ether oxygens (including phenoxy) is 1. The van der Waals surface area contributed by atoms with Crippen molar-refractivity contribution in [2.75, 3.05) is 14.2 Å². The summed E-state index contributed by atoms with van der Waals surface area (Å²) in [5.74, 6) is 0.784. The minimum absolute atomic E-state index is 0.0109. The maximum absolute atomic E-state index is 12.5. The fourth-order valence-electron chi connectivity index (χ4n) is 1.98. The fourth-order valence-corrected chi connectivity index (χ4v) is 2.89. The third-order valence-corrected chi connectivity index (χ3v) is 4.42. The monoisotopic (exact) mass is 459 g/mol. The number of methoxy groups -OCH3 is 1. The predicted molar refractivity (Wildman–Crippen MR) is 95.7 cm³/mol. The van der Waals surface area contributed by atoms with Crippen LogP contribution < -0.4 is 4.74 Å². The zero-order valence-electron chi connectivity index (χ0n) is 11.8. The largest absolute Gasteiger partial charge is 0.497 e. The number of carbonyl (C=O) groups is 1. The molecule has 0 heterocycles. The van der Waals surface area contributed by atoms with E-state index in [-0.39, 0.29) is 5.91 Å².